The minimum Gasteiger partial charge on any atom is -0.309 e. The molecule has 1 atom stereocenters. The molecule has 7 nitrogen and oxygen atoms in total. The van der Waals surface area contributed by atoms with Crippen LogP contribution in [0.25, 0.3) is 0 Å². The van der Waals surface area contributed by atoms with Crippen LogP contribution in [0.3, 0.4) is 0 Å². The van der Waals surface area contributed by atoms with Gasteiger partial charge in [0.1, 0.15) is 16.1 Å². The van der Waals surface area contributed by atoms with E-state index in [0.717, 1.165) is 0 Å². The van der Waals surface area contributed by atoms with E-state index in [1.807, 2.05) is 0 Å². The van der Waals surface area contributed by atoms with E-state index in [1.165, 1.54) is 17.8 Å². The van der Waals surface area contributed by atoms with Crippen molar-refractivity contribution < 1.29 is 12.6 Å². The Morgan fingerprint density at radius 2 is 2.13 bits per heavy atom. The van der Waals surface area contributed by atoms with E-state index in [-0.39, 0.29) is 10.9 Å². The van der Waals surface area contributed by atoms with Crippen LogP contribution in [0.2, 0.25) is 0 Å². The number of aromatic nitrogens is 3. The highest BCUT2D eigenvalue weighted by Crippen LogP contribution is 2.14. The van der Waals surface area contributed by atoms with Crippen molar-refractivity contribution in [2.24, 2.45) is 10.8 Å². The zero-order valence-electron chi connectivity index (χ0n) is 7.99. The zero-order valence-corrected chi connectivity index (χ0v) is 10.4. The summed E-state index contributed by atoms with van der Waals surface area (Å²) in [6.45, 7) is 1.53. The van der Waals surface area contributed by atoms with Gasteiger partial charge in [-0.15, -0.1) is 10.2 Å². The third-order valence-corrected chi connectivity index (χ3v) is 5.46. The van der Waals surface area contributed by atoms with Crippen molar-refractivity contribution >= 4 is 29.6 Å². The smallest absolute Gasteiger partial charge is 0.309 e. The molecule has 0 radical (unpaired) electrons. The quantitative estimate of drug-likeness (QED) is 0.730. The maximum atomic E-state index is 12.1. The average molecular weight is 273 g/mol. The molecule has 1 heterocycles. The Bertz CT molecular complexity index is 569. The standard InChI is InChI=1S/C5H9ClN4O3S2/c1-3-14(11,9-15(6,12)13)5-8-7-4-10(5)2/h4H,3H2,1-2H3. The van der Waals surface area contributed by atoms with E-state index in [9.17, 15) is 12.6 Å². The molecule has 1 rings (SSSR count). The first kappa shape index (κ1) is 12.4. The molecule has 0 saturated heterocycles. The highest BCUT2D eigenvalue weighted by molar-refractivity contribution is 8.17. The van der Waals surface area contributed by atoms with Crippen LogP contribution < -0.4 is 0 Å². The third kappa shape index (κ3) is 2.89. The third-order valence-electron chi connectivity index (χ3n) is 1.56. The van der Waals surface area contributed by atoms with Crippen molar-refractivity contribution in [3.63, 3.8) is 0 Å². The van der Waals surface area contributed by atoms with Gasteiger partial charge in [0.25, 0.3) is 0 Å². The predicted molar refractivity (Wildman–Crippen MR) is 55.2 cm³/mol. The van der Waals surface area contributed by atoms with Crippen LogP contribution in [0.15, 0.2) is 15.3 Å². The molecule has 0 amide bonds. The van der Waals surface area contributed by atoms with E-state index in [4.69, 9.17) is 10.7 Å². The molecule has 0 aliphatic heterocycles. The second-order valence-electron chi connectivity index (χ2n) is 2.64. The molecule has 10 heteroatoms. The summed E-state index contributed by atoms with van der Waals surface area (Å²) in [7, 11) is -0.875. The van der Waals surface area contributed by atoms with Crippen LogP contribution in [-0.2, 0) is 26.0 Å². The molecule has 0 spiro atoms. The van der Waals surface area contributed by atoms with Crippen molar-refractivity contribution in [3.8, 4) is 0 Å². The number of hydrogen-bond acceptors (Lipinski definition) is 5. The first-order chi connectivity index (χ1) is 6.78. The van der Waals surface area contributed by atoms with Gasteiger partial charge in [-0.25, -0.2) is 4.21 Å². The van der Waals surface area contributed by atoms with Crippen molar-refractivity contribution in [1.82, 2.24) is 14.8 Å². The summed E-state index contributed by atoms with van der Waals surface area (Å²) in [5.41, 5.74) is 0. The predicted octanol–water partition coefficient (Wildman–Crippen LogP) is 0.146. The molecule has 0 fully saturated rings. The van der Waals surface area contributed by atoms with Crippen molar-refractivity contribution in [2.45, 2.75) is 12.1 Å². The summed E-state index contributed by atoms with van der Waals surface area (Å²) in [6.07, 6.45) is 1.31. The molecule has 0 bridgehead atoms. The fourth-order valence-electron chi connectivity index (χ4n) is 0.920. The number of nitrogens with zero attached hydrogens (tertiary/aromatic N) is 4. The van der Waals surface area contributed by atoms with Gasteiger partial charge in [0.2, 0.25) is 5.16 Å². The van der Waals surface area contributed by atoms with Gasteiger partial charge in [0, 0.05) is 23.5 Å². The van der Waals surface area contributed by atoms with Gasteiger partial charge in [0.15, 0.2) is 0 Å². The average Bonchev–Trinajstić information content (AvgIpc) is 2.48. The van der Waals surface area contributed by atoms with Crippen LogP contribution >= 0.6 is 10.7 Å². The molecule has 0 aromatic carbocycles. The lowest BCUT2D eigenvalue weighted by Gasteiger charge is -2.03. The minimum absolute atomic E-state index is 0.00535. The number of hydrogen-bond donors (Lipinski definition) is 0. The summed E-state index contributed by atoms with van der Waals surface area (Å²) in [5, 5.41) is 7.06. The first-order valence-electron chi connectivity index (χ1n) is 3.83. The normalized spacial score (nSPS) is 15.9. The molecule has 1 unspecified atom stereocenters. The fourth-order valence-corrected chi connectivity index (χ4v) is 4.51. The molecule has 15 heavy (non-hydrogen) atoms. The lowest BCUT2D eigenvalue weighted by atomic mass is 11.0. The van der Waals surface area contributed by atoms with Crippen LogP contribution in [0, 0.1) is 0 Å². The molecule has 0 aliphatic carbocycles. The topological polar surface area (TPSA) is 94.3 Å². The second kappa shape index (κ2) is 4.06. The minimum atomic E-state index is -4.20. The van der Waals surface area contributed by atoms with Crippen LogP contribution in [-0.4, -0.2) is 33.1 Å². The second-order valence-corrected chi connectivity index (χ2v) is 7.45. The van der Waals surface area contributed by atoms with E-state index >= 15 is 0 Å². The van der Waals surface area contributed by atoms with Crippen molar-refractivity contribution in [2.75, 3.05) is 5.75 Å². The molecular weight excluding hydrogens is 264 g/mol. The Morgan fingerprint density at radius 1 is 1.53 bits per heavy atom. The summed E-state index contributed by atoms with van der Waals surface area (Å²) < 4.78 is 38.1. The molecular formula is C5H9ClN4O3S2. The molecule has 86 valence electrons. The monoisotopic (exact) mass is 272 g/mol. The Hall–Kier alpha value is -0.670. The highest BCUT2D eigenvalue weighted by atomic mass is 35.7. The largest absolute Gasteiger partial charge is 0.347 e. The number of aryl methyl sites for hydroxylation is 1. The summed E-state index contributed by atoms with van der Waals surface area (Å²) in [4.78, 5) is 0. The van der Waals surface area contributed by atoms with Crippen LogP contribution in [0.5, 0.6) is 0 Å². The number of rotatable bonds is 3. The molecule has 0 aliphatic rings. The van der Waals surface area contributed by atoms with Crippen LogP contribution in [0.1, 0.15) is 6.92 Å². The van der Waals surface area contributed by atoms with Gasteiger partial charge < -0.3 is 4.57 Å². The summed E-state index contributed by atoms with van der Waals surface area (Å²) in [5.74, 6) is -0.00845. The van der Waals surface area contributed by atoms with Crippen molar-refractivity contribution in [1.29, 1.82) is 0 Å². The van der Waals surface area contributed by atoms with E-state index < -0.39 is 19.0 Å². The van der Waals surface area contributed by atoms with Gasteiger partial charge >= 0.3 is 9.24 Å². The van der Waals surface area contributed by atoms with Gasteiger partial charge in [-0.1, -0.05) is 10.7 Å². The zero-order chi connectivity index (χ0) is 11.7. The Kier molecular flexibility index (Phi) is 3.36. The van der Waals surface area contributed by atoms with E-state index in [1.54, 1.807) is 7.05 Å². The van der Waals surface area contributed by atoms with Gasteiger partial charge in [-0.2, -0.15) is 8.42 Å². The molecule has 0 N–H and O–H groups in total. The lowest BCUT2D eigenvalue weighted by molar-refractivity contribution is 0.610. The Balaban J connectivity index is 3.51. The Morgan fingerprint density at radius 3 is 2.47 bits per heavy atom. The summed E-state index contributed by atoms with van der Waals surface area (Å²) >= 11 is 0. The van der Waals surface area contributed by atoms with Crippen molar-refractivity contribution in [3.05, 3.63) is 6.33 Å². The van der Waals surface area contributed by atoms with Gasteiger partial charge in [0.05, 0.1) is 0 Å². The lowest BCUT2D eigenvalue weighted by Crippen LogP contribution is -2.11. The Labute approximate surface area is 92.2 Å². The van der Waals surface area contributed by atoms with E-state index in [0.29, 0.717) is 0 Å². The highest BCUT2D eigenvalue weighted by Gasteiger charge is 2.20. The fraction of sp³-hybridized carbons (Fsp3) is 0.600. The molecule has 0 saturated carbocycles. The van der Waals surface area contributed by atoms with Gasteiger partial charge in [-0.3, -0.25) is 0 Å². The maximum Gasteiger partial charge on any atom is 0.347 e. The number of halogens is 1. The summed E-state index contributed by atoms with van der Waals surface area (Å²) in [6, 6.07) is 0. The SMILES string of the molecule is CCS(=O)(=NS(=O)(=O)Cl)c1nncn1C. The maximum absolute atomic E-state index is 12.1. The van der Waals surface area contributed by atoms with E-state index in [2.05, 4.69) is 14.0 Å². The first-order valence-corrected chi connectivity index (χ1v) is 7.78. The molecule has 1 aromatic heterocycles. The molecule has 1 aromatic rings. The van der Waals surface area contributed by atoms with Crippen LogP contribution in [0.4, 0.5) is 0 Å². The van der Waals surface area contributed by atoms with Gasteiger partial charge in [-0.05, 0) is 0 Å².